The number of hydrogen-bond acceptors (Lipinski definition) is 3. The van der Waals surface area contributed by atoms with Gasteiger partial charge in [-0.25, -0.2) is 8.42 Å². The lowest BCUT2D eigenvalue weighted by atomic mass is 10.1. The Kier molecular flexibility index (Phi) is 4.42. The standard InChI is InChI=1S/C15H17NO3S/c1-12-2-8-15(9-3-12)20(18,19)16-14-6-4-13(5-7-14)10-11-17/h2-9,16-17H,10-11H2,1H3. The second-order valence-electron chi connectivity index (χ2n) is 4.59. The van der Waals surface area contributed by atoms with Gasteiger partial charge >= 0.3 is 0 Å². The van der Waals surface area contributed by atoms with Gasteiger partial charge in [0.05, 0.1) is 4.90 Å². The predicted octanol–water partition coefficient (Wildman–Crippen LogP) is 2.33. The van der Waals surface area contributed by atoms with Gasteiger partial charge in [0.15, 0.2) is 0 Å². The van der Waals surface area contributed by atoms with E-state index in [2.05, 4.69) is 4.72 Å². The van der Waals surface area contributed by atoms with Gasteiger partial charge in [-0.3, -0.25) is 4.72 Å². The Labute approximate surface area is 119 Å². The summed E-state index contributed by atoms with van der Waals surface area (Å²) < 4.78 is 26.9. The van der Waals surface area contributed by atoms with E-state index in [1.165, 1.54) is 0 Å². The third kappa shape index (κ3) is 3.59. The maximum Gasteiger partial charge on any atom is 0.261 e. The molecule has 2 aromatic rings. The first kappa shape index (κ1) is 14.6. The summed E-state index contributed by atoms with van der Waals surface area (Å²) in [4.78, 5) is 0.238. The Balaban J connectivity index is 2.17. The molecule has 2 rings (SSSR count). The second-order valence-corrected chi connectivity index (χ2v) is 6.27. The van der Waals surface area contributed by atoms with Gasteiger partial charge in [0.25, 0.3) is 10.0 Å². The van der Waals surface area contributed by atoms with E-state index in [1.807, 2.05) is 6.92 Å². The monoisotopic (exact) mass is 291 g/mol. The number of aliphatic hydroxyl groups is 1. The van der Waals surface area contributed by atoms with Crippen LogP contribution in [0.5, 0.6) is 0 Å². The molecule has 4 nitrogen and oxygen atoms in total. The molecule has 106 valence electrons. The van der Waals surface area contributed by atoms with E-state index in [1.54, 1.807) is 48.5 Å². The maximum absolute atomic E-state index is 12.2. The van der Waals surface area contributed by atoms with Crippen molar-refractivity contribution >= 4 is 15.7 Å². The van der Waals surface area contributed by atoms with Crippen molar-refractivity contribution in [3.05, 3.63) is 59.7 Å². The van der Waals surface area contributed by atoms with Crippen LogP contribution in [0.15, 0.2) is 53.4 Å². The fourth-order valence-corrected chi connectivity index (χ4v) is 2.86. The summed E-state index contributed by atoms with van der Waals surface area (Å²) in [5.41, 5.74) is 2.48. The number of aliphatic hydroxyl groups excluding tert-OH is 1. The highest BCUT2D eigenvalue weighted by molar-refractivity contribution is 7.92. The summed E-state index contributed by atoms with van der Waals surface area (Å²) in [5, 5.41) is 8.83. The smallest absolute Gasteiger partial charge is 0.261 e. The molecule has 5 heteroatoms. The van der Waals surface area contributed by atoms with Gasteiger partial charge in [0, 0.05) is 12.3 Å². The maximum atomic E-state index is 12.2. The van der Waals surface area contributed by atoms with Crippen molar-refractivity contribution in [2.75, 3.05) is 11.3 Å². The van der Waals surface area contributed by atoms with Crippen molar-refractivity contribution in [2.24, 2.45) is 0 Å². The van der Waals surface area contributed by atoms with Crippen molar-refractivity contribution < 1.29 is 13.5 Å². The topological polar surface area (TPSA) is 66.4 Å². The van der Waals surface area contributed by atoms with Crippen LogP contribution >= 0.6 is 0 Å². The lowest BCUT2D eigenvalue weighted by Crippen LogP contribution is -2.12. The molecule has 0 aliphatic carbocycles. The Morgan fingerprint density at radius 1 is 1.00 bits per heavy atom. The summed E-state index contributed by atoms with van der Waals surface area (Å²) in [6.45, 7) is 1.98. The van der Waals surface area contributed by atoms with Gasteiger partial charge in [0.2, 0.25) is 0 Å². The first-order valence-electron chi connectivity index (χ1n) is 6.30. The zero-order valence-corrected chi connectivity index (χ0v) is 12.0. The molecule has 0 saturated heterocycles. The molecular formula is C15H17NO3S. The summed E-state index contributed by atoms with van der Waals surface area (Å²) in [6.07, 6.45) is 0.561. The van der Waals surface area contributed by atoms with Crippen LogP contribution in [0.3, 0.4) is 0 Å². The Morgan fingerprint density at radius 2 is 1.60 bits per heavy atom. The third-order valence-electron chi connectivity index (χ3n) is 2.94. The molecule has 0 radical (unpaired) electrons. The molecule has 0 aliphatic rings. The van der Waals surface area contributed by atoms with Crippen LogP contribution in [0.1, 0.15) is 11.1 Å². The number of benzene rings is 2. The van der Waals surface area contributed by atoms with Crippen LogP contribution in [-0.4, -0.2) is 20.1 Å². The number of rotatable bonds is 5. The van der Waals surface area contributed by atoms with Crippen LogP contribution in [-0.2, 0) is 16.4 Å². The minimum Gasteiger partial charge on any atom is -0.396 e. The normalized spacial score (nSPS) is 11.3. The predicted molar refractivity (Wildman–Crippen MR) is 79.2 cm³/mol. The molecule has 0 unspecified atom stereocenters. The number of sulfonamides is 1. The van der Waals surface area contributed by atoms with Gasteiger partial charge in [-0.15, -0.1) is 0 Å². The first-order valence-corrected chi connectivity index (χ1v) is 7.79. The highest BCUT2D eigenvalue weighted by Gasteiger charge is 2.13. The van der Waals surface area contributed by atoms with Crippen LogP contribution < -0.4 is 4.72 Å². The van der Waals surface area contributed by atoms with Crippen LogP contribution in [0, 0.1) is 6.92 Å². The Hall–Kier alpha value is -1.85. The van der Waals surface area contributed by atoms with Gasteiger partial charge in [-0.05, 0) is 43.2 Å². The highest BCUT2D eigenvalue weighted by atomic mass is 32.2. The lowest BCUT2D eigenvalue weighted by Gasteiger charge is -2.09. The lowest BCUT2D eigenvalue weighted by molar-refractivity contribution is 0.299. The van der Waals surface area contributed by atoms with E-state index in [4.69, 9.17) is 5.11 Å². The molecule has 0 aromatic heterocycles. The molecule has 0 fully saturated rings. The molecule has 0 heterocycles. The van der Waals surface area contributed by atoms with Gasteiger partial charge in [0.1, 0.15) is 0 Å². The van der Waals surface area contributed by atoms with Crippen LogP contribution in [0.2, 0.25) is 0 Å². The molecule has 0 bridgehead atoms. The van der Waals surface area contributed by atoms with Crippen molar-refractivity contribution in [3.63, 3.8) is 0 Å². The third-order valence-corrected chi connectivity index (χ3v) is 4.34. The molecule has 0 saturated carbocycles. The van der Waals surface area contributed by atoms with Crippen molar-refractivity contribution in [2.45, 2.75) is 18.2 Å². The molecule has 0 spiro atoms. The Bertz CT molecular complexity index is 661. The number of anilines is 1. The van der Waals surface area contributed by atoms with Crippen LogP contribution in [0.25, 0.3) is 0 Å². The minimum absolute atomic E-state index is 0.0778. The zero-order chi connectivity index (χ0) is 14.6. The average Bonchev–Trinajstić information content (AvgIpc) is 2.41. The molecule has 0 aliphatic heterocycles. The summed E-state index contributed by atoms with van der Waals surface area (Å²) in [5.74, 6) is 0. The number of nitrogens with one attached hydrogen (secondary N) is 1. The molecule has 0 atom stereocenters. The van der Waals surface area contributed by atoms with E-state index in [0.29, 0.717) is 12.1 Å². The van der Waals surface area contributed by atoms with E-state index >= 15 is 0 Å². The first-order chi connectivity index (χ1) is 9.51. The van der Waals surface area contributed by atoms with E-state index in [9.17, 15) is 8.42 Å². The van der Waals surface area contributed by atoms with E-state index in [-0.39, 0.29) is 11.5 Å². The average molecular weight is 291 g/mol. The number of hydrogen-bond donors (Lipinski definition) is 2. The Morgan fingerprint density at radius 3 is 2.15 bits per heavy atom. The van der Waals surface area contributed by atoms with E-state index in [0.717, 1.165) is 11.1 Å². The van der Waals surface area contributed by atoms with Gasteiger partial charge < -0.3 is 5.11 Å². The highest BCUT2D eigenvalue weighted by Crippen LogP contribution is 2.17. The zero-order valence-electron chi connectivity index (χ0n) is 11.2. The molecular weight excluding hydrogens is 274 g/mol. The quantitative estimate of drug-likeness (QED) is 0.888. The van der Waals surface area contributed by atoms with Crippen molar-refractivity contribution in [1.29, 1.82) is 0 Å². The van der Waals surface area contributed by atoms with Crippen molar-refractivity contribution in [1.82, 2.24) is 0 Å². The van der Waals surface area contributed by atoms with Gasteiger partial charge in [-0.2, -0.15) is 0 Å². The van der Waals surface area contributed by atoms with E-state index < -0.39 is 10.0 Å². The fourth-order valence-electron chi connectivity index (χ4n) is 1.80. The molecule has 20 heavy (non-hydrogen) atoms. The van der Waals surface area contributed by atoms with Crippen molar-refractivity contribution in [3.8, 4) is 0 Å². The number of aryl methyl sites for hydroxylation is 1. The summed E-state index contributed by atoms with van der Waals surface area (Å²) in [7, 11) is -3.55. The summed E-state index contributed by atoms with van der Waals surface area (Å²) in [6, 6.07) is 13.7. The summed E-state index contributed by atoms with van der Waals surface area (Å²) >= 11 is 0. The molecule has 2 aromatic carbocycles. The molecule has 2 N–H and O–H groups in total. The van der Waals surface area contributed by atoms with Crippen LogP contribution in [0.4, 0.5) is 5.69 Å². The minimum atomic E-state index is -3.55. The fraction of sp³-hybridized carbons (Fsp3) is 0.200. The largest absolute Gasteiger partial charge is 0.396 e. The molecule has 0 amide bonds. The second kappa shape index (κ2) is 6.07. The van der Waals surface area contributed by atoms with Gasteiger partial charge in [-0.1, -0.05) is 29.8 Å². The SMILES string of the molecule is Cc1ccc(S(=O)(=O)Nc2ccc(CCO)cc2)cc1.